The van der Waals surface area contributed by atoms with E-state index in [1.165, 1.54) is 0 Å². The van der Waals surface area contributed by atoms with Crippen molar-refractivity contribution in [1.29, 1.82) is 5.41 Å². The molecule has 1 aliphatic rings. The molecular weight excluding hydrogens is 242 g/mol. The quantitative estimate of drug-likeness (QED) is 0.486. The number of nitrogens with one attached hydrogen (secondary N) is 2. The van der Waals surface area contributed by atoms with Crippen LogP contribution in [0.1, 0.15) is 33.1 Å². The van der Waals surface area contributed by atoms with Crippen LogP contribution < -0.4 is 10.5 Å². The summed E-state index contributed by atoms with van der Waals surface area (Å²) in [4.78, 5) is 0. The van der Waals surface area contributed by atoms with Crippen LogP contribution in [0.2, 0.25) is 0 Å². The Morgan fingerprint density at radius 1 is 1.53 bits per heavy atom. The summed E-state index contributed by atoms with van der Waals surface area (Å²) in [6.07, 6.45) is 1.44. The SMILES string of the molecule is CCC(C)(NS(=O)(=O)C1CCOCC1)C(=N)N. The zero-order valence-electron chi connectivity index (χ0n) is 10.3. The summed E-state index contributed by atoms with van der Waals surface area (Å²) in [5.74, 6) is -0.157. The largest absolute Gasteiger partial charge is 0.386 e. The van der Waals surface area contributed by atoms with Crippen LogP contribution in [-0.4, -0.2) is 38.3 Å². The van der Waals surface area contributed by atoms with Crippen molar-refractivity contribution in [3.63, 3.8) is 0 Å². The molecule has 1 atom stereocenters. The van der Waals surface area contributed by atoms with Crippen molar-refractivity contribution < 1.29 is 13.2 Å². The van der Waals surface area contributed by atoms with Crippen molar-refractivity contribution >= 4 is 15.9 Å². The van der Waals surface area contributed by atoms with Gasteiger partial charge in [0.25, 0.3) is 0 Å². The van der Waals surface area contributed by atoms with Crippen LogP contribution in [0.3, 0.4) is 0 Å². The van der Waals surface area contributed by atoms with Gasteiger partial charge >= 0.3 is 0 Å². The Kier molecular flexibility index (Phi) is 4.51. The summed E-state index contributed by atoms with van der Waals surface area (Å²) < 4.78 is 32.0. The predicted octanol–water partition coefficient (Wildman–Crippen LogP) is 0.189. The first-order valence-corrected chi connectivity index (χ1v) is 7.31. The van der Waals surface area contributed by atoms with Crippen LogP contribution in [-0.2, 0) is 14.8 Å². The molecule has 1 saturated heterocycles. The number of sulfonamides is 1. The highest BCUT2D eigenvalue weighted by Crippen LogP contribution is 2.19. The maximum Gasteiger partial charge on any atom is 0.215 e. The maximum atomic E-state index is 12.1. The van der Waals surface area contributed by atoms with Crippen LogP contribution in [0, 0.1) is 5.41 Å². The topological polar surface area (TPSA) is 105 Å². The highest BCUT2D eigenvalue weighted by atomic mass is 32.2. The van der Waals surface area contributed by atoms with E-state index in [9.17, 15) is 8.42 Å². The molecule has 0 saturated carbocycles. The molecule has 1 unspecified atom stereocenters. The summed E-state index contributed by atoms with van der Waals surface area (Å²) in [6.45, 7) is 4.36. The van der Waals surface area contributed by atoms with E-state index in [0.717, 1.165) is 0 Å². The number of hydrogen-bond donors (Lipinski definition) is 3. The third kappa shape index (κ3) is 3.40. The number of nitrogens with two attached hydrogens (primary N) is 1. The van der Waals surface area contributed by atoms with E-state index in [2.05, 4.69) is 4.72 Å². The minimum Gasteiger partial charge on any atom is -0.386 e. The van der Waals surface area contributed by atoms with E-state index in [-0.39, 0.29) is 5.84 Å². The monoisotopic (exact) mass is 263 g/mol. The highest BCUT2D eigenvalue weighted by Gasteiger charge is 2.36. The van der Waals surface area contributed by atoms with Crippen molar-refractivity contribution in [2.45, 2.75) is 43.9 Å². The predicted molar refractivity (Wildman–Crippen MR) is 66.5 cm³/mol. The smallest absolute Gasteiger partial charge is 0.215 e. The summed E-state index contributed by atoms with van der Waals surface area (Å²) in [5, 5.41) is 7.03. The van der Waals surface area contributed by atoms with E-state index in [1.807, 2.05) is 0 Å². The summed E-state index contributed by atoms with van der Waals surface area (Å²) >= 11 is 0. The second-order valence-electron chi connectivity index (χ2n) is 4.56. The molecule has 0 bridgehead atoms. The van der Waals surface area contributed by atoms with E-state index >= 15 is 0 Å². The molecule has 1 rings (SSSR count). The molecule has 0 aliphatic carbocycles. The molecule has 4 N–H and O–H groups in total. The van der Waals surface area contributed by atoms with E-state index in [0.29, 0.717) is 32.5 Å². The molecule has 0 amide bonds. The van der Waals surface area contributed by atoms with Gasteiger partial charge in [-0.25, -0.2) is 13.1 Å². The fraction of sp³-hybridized carbons (Fsp3) is 0.900. The highest BCUT2D eigenvalue weighted by molar-refractivity contribution is 7.90. The van der Waals surface area contributed by atoms with Gasteiger partial charge in [0.2, 0.25) is 10.0 Å². The van der Waals surface area contributed by atoms with E-state index in [4.69, 9.17) is 15.9 Å². The van der Waals surface area contributed by atoms with Gasteiger partial charge < -0.3 is 10.5 Å². The minimum absolute atomic E-state index is 0.157. The zero-order chi connectivity index (χ0) is 13.1. The molecule has 6 nitrogen and oxygen atoms in total. The molecule has 0 spiro atoms. The fourth-order valence-electron chi connectivity index (χ4n) is 1.70. The summed E-state index contributed by atoms with van der Waals surface area (Å²) in [7, 11) is -3.45. The maximum absolute atomic E-state index is 12.1. The lowest BCUT2D eigenvalue weighted by Crippen LogP contribution is -2.56. The van der Waals surface area contributed by atoms with Crippen molar-refractivity contribution in [3.05, 3.63) is 0 Å². The lowest BCUT2D eigenvalue weighted by atomic mass is 10.00. The van der Waals surface area contributed by atoms with Crippen molar-refractivity contribution in [1.82, 2.24) is 4.72 Å². The van der Waals surface area contributed by atoms with Gasteiger partial charge in [-0.15, -0.1) is 0 Å². The first-order valence-electron chi connectivity index (χ1n) is 5.77. The molecule has 7 heteroatoms. The Morgan fingerprint density at radius 3 is 2.47 bits per heavy atom. The first-order chi connectivity index (χ1) is 7.82. The third-order valence-electron chi connectivity index (χ3n) is 3.28. The van der Waals surface area contributed by atoms with E-state index in [1.54, 1.807) is 13.8 Å². The van der Waals surface area contributed by atoms with Gasteiger partial charge in [-0.05, 0) is 26.2 Å². The molecule has 17 heavy (non-hydrogen) atoms. The zero-order valence-corrected chi connectivity index (χ0v) is 11.1. The van der Waals surface area contributed by atoms with Gasteiger partial charge in [0, 0.05) is 13.2 Å². The lowest BCUT2D eigenvalue weighted by molar-refractivity contribution is 0.0980. The first kappa shape index (κ1) is 14.4. The average molecular weight is 263 g/mol. The number of rotatable bonds is 5. The molecule has 1 aliphatic heterocycles. The van der Waals surface area contributed by atoms with Crippen molar-refractivity contribution in [2.24, 2.45) is 5.73 Å². The van der Waals surface area contributed by atoms with Crippen LogP contribution >= 0.6 is 0 Å². The Hall–Kier alpha value is -0.660. The molecule has 1 fully saturated rings. The summed E-state index contributed by atoms with van der Waals surface area (Å²) in [5.41, 5.74) is 4.46. The Morgan fingerprint density at radius 2 is 2.06 bits per heavy atom. The number of ether oxygens (including phenoxy) is 1. The Balaban J connectivity index is 2.80. The molecule has 1 heterocycles. The van der Waals surface area contributed by atoms with Crippen LogP contribution in [0.15, 0.2) is 0 Å². The third-order valence-corrected chi connectivity index (χ3v) is 5.36. The van der Waals surface area contributed by atoms with Gasteiger partial charge in [-0.2, -0.15) is 0 Å². The standard InChI is InChI=1S/C10H21N3O3S/c1-3-10(2,9(11)12)13-17(14,15)8-4-6-16-7-5-8/h8,13H,3-7H2,1-2H3,(H3,11,12). The molecule has 0 aromatic carbocycles. The fourth-order valence-corrected chi connectivity index (χ4v) is 3.56. The van der Waals surface area contributed by atoms with Crippen LogP contribution in [0.4, 0.5) is 0 Å². The second kappa shape index (κ2) is 5.32. The van der Waals surface area contributed by atoms with Gasteiger partial charge in [0.15, 0.2) is 0 Å². The second-order valence-corrected chi connectivity index (χ2v) is 6.52. The van der Waals surface area contributed by atoms with Gasteiger partial charge in [0.1, 0.15) is 5.84 Å². The van der Waals surface area contributed by atoms with Gasteiger partial charge in [-0.1, -0.05) is 6.92 Å². The molecule has 100 valence electrons. The number of hydrogen-bond acceptors (Lipinski definition) is 4. The summed E-state index contributed by atoms with van der Waals surface area (Å²) in [6, 6.07) is 0. The van der Waals surface area contributed by atoms with Crippen LogP contribution in [0.5, 0.6) is 0 Å². The van der Waals surface area contributed by atoms with E-state index < -0.39 is 20.8 Å². The number of amidine groups is 1. The van der Waals surface area contributed by atoms with Crippen LogP contribution in [0.25, 0.3) is 0 Å². The average Bonchev–Trinajstić information content (AvgIpc) is 2.29. The molecule has 0 aromatic rings. The van der Waals surface area contributed by atoms with Crippen molar-refractivity contribution in [3.8, 4) is 0 Å². The Labute approximate surface area is 102 Å². The minimum atomic E-state index is -3.45. The molecular formula is C10H21N3O3S. The Bertz CT molecular complexity index is 376. The van der Waals surface area contributed by atoms with Crippen molar-refractivity contribution in [2.75, 3.05) is 13.2 Å². The molecule has 0 aromatic heterocycles. The van der Waals surface area contributed by atoms with Gasteiger partial charge in [0.05, 0.1) is 10.8 Å². The van der Waals surface area contributed by atoms with Gasteiger partial charge in [-0.3, -0.25) is 5.41 Å². The normalized spacial score (nSPS) is 22.0. The molecule has 0 radical (unpaired) electrons. The lowest BCUT2D eigenvalue weighted by Gasteiger charge is -2.31.